The average molecular weight is 342 g/mol. The highest BCUT2D eigenvalue weighted by molar-refractivity contribution is 7.89. The van der Waals surface area contributed by atoms with Crippen molar-refractivity contribution in [3.63, 3.8) is 0 Å². The number of H-pyrrole nitrogens is 1. The third-order valence-electron chi connectivity index (χ3n) is 4.54. The SMILES string of the molecule is COc1cccc2c3c([nH]c12)CCN(S(=O)(=O)c1ccccc1)C3. The molecule has 0 unspecified atom stereocenters. The number of aromatic nitrogens is 1. The normalized spacial score (nSPS) is 15.4. The molecular weight excluding hydrogens is 324 g/mol. The lowest BCUT2D eigenvalue weighted by Crippen LogP contribution is -2.35. The van der Waals surface area contributed by atoms with Crippen LogP contribution in [-0.2, 0) is 23.0 Å². The molecule has 2 heterocycles. The second kappa shape index (κ2) is 5.65. The Kier molecular flexibility index (Phi) is 3.58. The van der Waals surface area contributed by atoms with Crippen molar-refractivity contribution in [1.29, 1.82) is 0 Å². The molecule has 0 fully saturated rings. The van der Waals surface area contributed by atoms with Crippen LogP contribution in [0.3, 0.4) is 0 Å². The molecule has 0 aliphatic carbocycles. The van der Waals surface area contributed by atoms with Crippen LogP contribution in [0.25, 0.3) is 10.9 Å². The smallest absolute Gasteiger partial charge is 0.243 e. The lowest BCUT2D eigenvalue weighted by molar-refractivity contribution is 0.391. The fraction of sp³-hybridized carbons (Fsp3) is 0.222. The van der Waals surface area contributed by atoms with E-state index in [1.54, 1.807) is 35.7 Å². The number of nitrogens with one attached hydrogen (secondary N) is 1. The van der Waals surface area contributed by atoms with Crippen LogP contribution in [0.1, 0.15) is 11.3 Å². The van der Waals surface area contributed by atoms with Gasteiger partial charge in [0.15, 0.2) is 0 Å². The molecular formula is C18H18N2O3S. The zero-order valence-corrected chi connectivity index (χ0v) is 14.1. The molecule has 1 aliphatic heterocycles. The summed E-state index contributed by atoms with van der Waals surface area (Å²) < 4.78 is 32.7. The molecule has 24 heavy (non-hydrogen) atoms. The van der Waals surface area contributed by atoms with E-state index >= 15 is 0 Å². The van der Waals surface area contributed by atoms with Crippen LogP contribution in [-0.4, -0.2) is 31.4 Å². The molecule has 0 radical (unpaired) electrons. The number of rotatable bonds is 3. The third-order valence-corrected chi connectivity index (χ3v) is 6.40. The van der Waals surface area contributed by atoms with Gasteiger partial charge in [-0.2, -0.15) is 4.31 Å². The van der Waals surface area contributed by atoms with E-state index in [2.05, 4.69) is 4.98 Å². The zero-order valence-electron chi connectivity index (χ0n) is 13.3. The van der Waals surface area contributed by atoms with Gasteiger partial charge in [0.05, 0.1) is 17.5 Å². The molecule has 5 nitrogen and oxygen atoms in total. The van der Waals surface area contributed by atoms with Gasteiger partial charge in [-0.25, -0.2) is 8.42 Å². The monoisotopic (exact) mass is 342 g/mol. The van der Waals surface area contributed by atoms with Gasteiger partial charge in [-0.05, 0) is 23.8 Å². The van der Waals surface area contributed by atoms with Gasteiger partial charge in [0.25, 0.3) is 0 Å². The van der Waals surface area contributed by atoms with Crippen LogP contribution in [0.5, 0.6) is 5.75 Å². The van der Waals surface area contributed by atoms with E-state index in [1.807, 2.05) is 24.3 Å². The number of benzene rings is 2. The van der Waals surface area contributed by atoms with E-state index in [0.717, 1.165) is 27.9 Å². The van der Waals surface area contributed by atoms with E-state index in [1.165, 1.54) is 0 Å². The topological polar surface area (TPSA) is 62.4 Å². The fourth-order valence-electron chi connectivity index (χ4n) is 3.30. The van der Waals surface area contributed by atoms with Crippen molar-refractivity contribution >= 4 is 20.9 Å². The molecule has 1 aromatic heterocycles. The zero-order chi connectivity index (χ0) is 16.7. The van der Waals surface area contributed by atoms with Crippen LogP contribution < -0.4 is 4.74 Å². The number of fused-ring (bicyclic) bond motifs is 3. The molecule has 0 spiro atoms. The molecule has 0 saturated carbocycles. The minimum Gasteiger partial charge on any atom is -0.495 e. The first-order valence-corrected chi connectivity index (χ1v) is 9.27. The number of aromatic amines is 1. The minimum atomic E-state index is -3.48. The summed E-state index contributed by atoms with van der Waals surface area (Å²) in [5.74, 6) is 0.777. The minimum absolute atomic E-state index is 0.339. The van der Waals surface area contributed by atoms with Gasteiger partial charge >= 0.3 is 0 Å². The van der Waals surface area contributed by atoms with E-state index in [9.17, 15) is 8.42 Å². The van der Waals surface area contributed by atoms with Crippen LogP contribution in [0.15, 0.2) is 53.4 Å². The number of nitrogens with zero attached hydrogens (tertiary/aromatic N) is 1. The van der Waals surface area contributed by atoms with Crippen LogP contribution in [0.2, 0.25) is 0 Å². The van der Waals surface area contributed by atoms with Crippen molar-refractivity contribution in [2.45, 2.75) is 17.9 Å². The molecule has 1 N–H and O–H groups in total. The maximum Gasteiger partial charge on any atom is 0.243 e. The summed E-state index contributed by atoms with van der Waals surface area (Å²) >= 11 is 0. The Hall–Kier alpha value is -2.31. The Balaban J connectivity index is 1.76. The molecule has 1 aliphatic rings. The molecule has 0 saturated heterocycles. The molecule has 6 heteroatoms. The quantitative estimate of drug-likeness (QED) is 0.796. The first-order chi connectivity index (χ1) is 11.6. The van der Waals surface area contributed by atoms with Crippen molar-refractivity contribution in [2.24, 2.45) is 0 Å². The van der Waals surface area contributed by atoms with Crippen molar-refractivity contribution in [3.8, 4) is 5.75 Å². The lowest BCUT2D eigenvalue weighted by Gasteiger charge is -2.26. The van der Waals surface area contributed by atoms with Crippen molar-refractivity contribution in [2.75, 3.05) is 13.7 Å². The highest BCUT2D eigenvalue weighted by Gasteiger charge is 2.30. The first-order valence-electron chi connectivity index (χ1n) is 7.83. The fourth-order valence-corrected chi connectivity index (χ4v) is 4.73. The van der Waals surface area contributed by atoms with Gasteiger partial charge in [-0.15, -0.1) is 0 Å². The summed E-state index contributed by atoms with van der Waals surface area (Å²) in [6, 6.07) is 14.4. The predicted molar refractivity (Wildman–Crippen MR) is 92.6 cm³/mol. The van der Waals surface area contributed by atoms with Crippen LogP contribution in [0, 0.1) is 0 Å². The second-order valence-corrected chi connectivity index (χ2v) is 7.80. The van der Waals surface area contributed by atoms with Crippen molar-refractivity contribution < 1.29 is 13.2 Å². The number of para-hydroxylation sites is 1. The summed E-state index contributed by atoms with van der Waals surface area (Å²) in [6.45, 7) is 0.846. The number of methoxy groups -OCH3 is 1. The molecule has 0 bridgehead atoms. The predicted octanol–water partition coefficient (Wildman–Crippen LogP) is 2.92. The Morgan fingerprint density at radius 3 is 2.62 bits per heavy atom. The summed E-state index contributed by atoms with van der Waals surface area (Å²) in [5.41, 5.74) is 3.06. The Labute approximate surface area is 140 Å². The summed E-state index contributed by atoms with van der Waals surface area (Å²) in [6.07, 6.45) is 0.666. The molecule has 0 atom stereocenters. The highest BCUT2D eigenvalue weighted by atomic mass is 32.2. The Bertz CT molecular complexity index is 994. The number of hydrogen-bond donors (Lipinski definition) is 1. The van der Waals surface area contributed by atoms with Gasteiger partial charge in [-0.1, -0.05) is 30.3 Å². The molecule has 0 amide bonds. The third kappa shape index (κ3) is 2.30. The maximum atomic E-state index is 12.9. The lowest BCUT2D eigenvalue weighted by atomic mass is 10.1. The molecule has 2 aromatic carbocycles. The van der Waals surface area contributed by atoms with Gasteiger partial charge < -0.3 is 9.72 Å². The molecule has 124 valence electrons. The maximum absolute atomic E-state index is 12.9. The largest absolute Gasteiger partial charge is 0.495 e. The van der Waals surface area contributed by atoms with Crippen LogP contribution >= 0.6 is 0 Å². The second-order valence-electron chi connectivity index (χ2n) is 5.87. The van der Waals surface area contributed by atoms with Gasteiger partial charge in [0.1, 0.15) is 5.75 Å². The Morgan fingerprint density at radius 1 is 1.08 bits per heavy atom. The number of hydrogen-bond acceptors (Lipinski definition) is 3. The van der Waals surface area contributed by atoms with E-state index < -0.39 is 10.0 Å². The van der Waals surface area contributed by atoms with Crippen molar-refractivity contribution in [1.82, 2.24) is 9.29 Å². The number of ether oxygens (including phenoxy) is 1. The first kappa shape index (κ1) is 15.2. The highest BCUT2D eigenvalue weighted by Crippen LogP contribution is 2.34. The molecule has 4 rings (SSSR count). The summed E-state index contributed by atoms with van der Waals surface area (Å²) in [5, 5.41) is 1.03. The van der Waals surface area contributed by atoms with Gasteiger partial charge in [0.2, 0.25) is 10.0 Å². The average Bonchev–Trinajstić information content (AvgIpc) is 3.00. The summed E-state index contributed by atoms with van der Waals surface area (Å²) in [4.78, 5) is 3.74. The van der Waals surface area contributed by atoms with Gasteiger partial charge in [0, 0.05) is 30.6 Å². The van der Waals surface area contributed by atoms with E-state index in [0.29, 0.717) is 24.4 Å². The van der Waals surface area contributed by atoms with Crippen molar-refractivity contribution in [3.05, 3.63) is 59.8 Å². The molecule has 3 aromatic rings. The van der Waals surface area contributed by atoms with Gasteiger partial charge in [-0.3, -0.25) is 0 Å². The van der Waals surface area contributed by atoms with Crippen LogP contribution in [0.4, 0.5) is 0 Å². The van der Waals surface area contributed by atoms with E-state index in [-0.39, 0.29) is 0 Å². The standard InChI is InChI=1S/C18H18N2O3S/c1-23-17-9-5-8-14-15-12-20(11-10-16(15)19-18(14)17)24(21,22)13-6-3-2-4-7-13/h2-9,19H,10-12H2,1H3. The summed E-state index contributed by atoms with van der Waals surface area (Å²) in [7, 11) is -1.84. The van der Waals surface area contributed by atoms with E-state index in [4.69, 9.17) is 4.74 Å². The number of sulfonamides is 1. The Morgan fingerprint density at radius 2 is 1.88 bits per heavy atom.